The summed E-state index contributed by atoms with van der Waals surface area (Å²) >= 11 is 5.31. The molecule has 0 unspecified atom stereocenters. The summed E-state index contributed by atoms with van der Waals surface area (Å²) in [6, 6.07) is 13.2. The Morgan fingerprint density at radius 3 is 1.44 bits per heavy atom. The van der Waals surface area contributed by atoms with E-state index in [1.165, 1.54) is 24.8 Å². The molecule has 2 heterocycles. The van der Waals surface area contributed by atoms with E-state index in [2.05, 4.69) is 41.5 Å². The minimum Gasteiger partial charge on any atom is -0.478 e. The average molecular weight is 516 g/mol. The molecule has 2 aromatic carbocycles. The number of halogens is 3. The Labute approximate surface area is 197 Å². The number of rotatable bonds is 4. The van der Waals surface area contributed by atoms with Gasteiger partial charge < -0.3 is 5.11 Å². The van der Waals surface area contributed by atoms with Gasteiger partial charge in [0.25, 0.3) is 5.24 Å². The Hall–Kier alpha value is -3.12. The van der Waals surface area contributed by atoms with Crippen molar-refractivity contribution in [2.75, 3.05) is 0 Å². The minimum absolute atomic E-state index is 0.258. The van der Waals surface area contributed by atoms with Gasteiger partial charge >= 0.3 is 5.97 Å². The number of carboxylic acid groups (broad SMARTS) is 1. The number of carboxylic acids is 1. The Morgan fingerprint density at radius 2 is 1.16 bits per heavy atom. The quantitative estimate of drug-likeness (QED) is 0.407. The van der Waals surface area contributed by atoms with Crippen LogP contribution < -0.4 is 0 Å². The van der Waals surface area contributed by atoms with Crippen LogP contribution in [0.5, 0.6) is 0 Å². The number of hydrogen-bond donors (Lipinski definition) is 1. The maximum Gasteiger partial charge on any atom is 0.335 e. The number of benzene rings is 2. The first-order valence-electron chi connectivity index (χ1n) is 8.35. The highest BCUT2D eigenvalue weighted by molar-refractivity contribution is 8.26. The van der Waals surface area contributed by atoms with Gasteiger partial charge in [-0.25, -0.2) is 28.3 Å². The van der Waals surface area contributed by atoms with Crippen LogP contribution in [0.4, 0.5) is 0 Å². The molecular weight excluding hydrogens is 503 g/mol. The van der Waals surface area contributed by atoms with Gasteiger partial charge in [-0.2, -0.15) is 10.2 Å². The second-order valence-corrected chi connectivity index (χ2v) is 8.40. The van der Waals surface area contributed by atoms with E-state index in [9.17, 15) is 9.59 Å². The second-order valence-electron chi connectivity index (χ2n) is 5.54. The van der Waals surface area contributed by atoms with Crippen molar-refractivity contribution >= 4 is 53.4 Å². The van der Waals surface area contributed by atoms with Crippen molar-refractivity contribution in [3.63, 3.8) is 0 Å². The fraction of sp³-hybridized carbons (Fsp3) is 0. The van der Waals surface area contributed by atoms with E-state index >= 15 is 0 Å². The second kappa shape index (κ2) is 12.7. The summed E-state index contributed by atoms with van der Waals surface area (Å²) < 4.78 is 12.2. The normalized spacial score (nSPS) is 9.88. The maximum absolute atomic E-state index is 10.8. The number of carbonyl (C=O) groups is 2. The lowest BCUT2D eigenvalue weighted by Crippen LogP contribution is -1.98. The molecule has 32 heavy (non-hydrogen) atoms. The maximum atomic E-state index is 10.8. The molecule has 10 nitrogen and oxygen atoms in total. The molecule has 0 atom stereocenters. The molecule has 4 rings (SSSR count). The Kier molecular flexibility index (Phi) is 9.95. The van der Waals surface area contributed by atoms with Gasteiger partial charge in [-0.1, -0.05) is 0 Å². The van der Waals surface area contributed by atoms with Gasteiger partial charge in [0, 0.05) is 26.9 Å². The van der Waals surface area contributed by atoms with Crippen LogP contribution in [0, 0.1) is 0 Å². The molecule has 0 radical (unpaired) electrons. The third-order valence-corrected chi connectivity index (χ3v) is 3.79. The molecular formula is C18H13Cl3N6O4S. The standard InChI is InChI=1S/C9H6ClN3O.C9H7N3O2.Cl2OS/c10-9(14)7-1-3-8(4-2-7)13-6-11-5-12-13;13-9(14)7-1-3-8(4-2-7)12-6-10-5-11-12;1-4(2)3/h1-6H;1-6H,(H,13,14);. The summed E-state index contributed by atoms with van der Waals surface area (Å²) in [6.45, 7) is 0. The number of carbonyl (C=O) groups excluding carboxylic acids is 1. The third-order valence-electron chi connectivity index (χ3n) is 3.58. The fourth-order valence-corrected chi connectivity index (χ4v) is 2.31. The van der Waals surface area contributed by atoms with Crippen molar-refractivity contribution in [3.05, 3.63) is 85.0 Å². The molecule has 0 bridgehead atoms. The van der Waals surface area contributed by atoms with Gasteiger partial charge in [-0.05, 0) is 60.1 Å². The van der Waals surface area contributed by atoms with Crippen molar-refractivity contribution < 1.29 is 18.9 Å². The molecule has 4 aromatic rings. The highest BCUT2D eigenvalue weighted by Gasteiger charge is 2.03. The molecule has 0 aliphatic rings. The lowest BCUT2D eigenvalue weighted by atomic mass is 10.2. The lowest BCUT2D eigenvalue weighted by Gasteiger charge is -1.99. The zero-order chi connectivity index (χ0) is 23.5. The van der Waals surface area contributed by atoms with Crippen molar-refractivity contribution in [2.45, 2.75) is 0 Å². The van der Waals surface area contributed by atoms with Crippen molar-refractivity contribution in [1.82, 2.24) is 29.5 Å². The molecule has 0 aliphatic heterocycles. The summed E-state index contributed by atoms with van der Waals surface area (Å²) in [5.74, 6) is -0.935. The molecule has 166 valence electrons. The molecule has 1 N–H and O–H groups in total. The minimum atomic E-state index is -1.67. The molecule has 0 amide bonds. The summed E-state index contributed by atoms with van der Waals surface area (Å²) in [5, 5.41) is 16.1. The Balaban J connectivity index is 0.000000195. The first-order valence-corrected chi connectivity index (χ1v) is 11.5. The van der Waals surface area contributed by atoms with Crippen LogP contribution >= 0.6 is 33.0 Å². The number of aromatic nitrogens is 6. The van der Waals surface area contributed by atoms with E-state index in [-0.39, 0.29) is 5.56 Å². The van der Waals surface area contributed by atoms with E-state index in [0.29, 0.717) is 5.56 Å². The third kappa shape index (κ3) is 8.19. The summed E-state index contributed by atoms with van der Waals surface area (Å²) in [4.78, 5) is 28.9. The van der Waals surface area contributed by atoms with Crippen LogP contribution in [0.2, 0.25) is 0 Å². The van der Waals surface area contributed by atoms with Gasteiger partial charge in [-0.15, -0.1) is 0 Å². The number of aromatic carboxylic acids is 1. The molecule has 2 aromatic heterocycles. The fourth-order valence-electron chi connectivity index (χ4n) is 2.19. The Morgan fingerprint density at radius 1 is 0.781 bits per heavy atom. The number of nitrogens with zero attached hydrogens (tertiary/aromatic N) is 6. The Bertz CT molecular complexity index is 1060. The van der Waals surface area contributed by atoms with Gasteiger partial charge in [0.1, 0.15) is 25.3 Å². The smallest absolute Gasteiger partial charge is 0.335 e. The molecule has 0 fully saturated rings. The van der Waals surface area contributed by atoms with Gasteiger partial charge in [0.15, 0.2) is 0 Å². The van der Waals surface area contributed by atoms with Crippen LogP contribution in [0.1, 0.15) is 20.7 Å². The molecule has 0 saturated heterocycles. The zero-order valence-electron chi connectivity index (χ0n) is 15.8. The van der Waals surface area contributed by atoms with Crippen LogP contribution in [0.3, 0.4) is 0 Å². The van der Waals surface area contributed by atoms with E-state index in [4.69, 9.17) is 20.9 Å². The molecule has 14 heteroatoms. The molecule has 0 aliphatic carbocycles. The van der Waals surface area contributed by atoms with Crippen molar-refractivity contribution in [1.29, 1.82) is 0 Å². The first-order chi connectivity index (χ1) is 15.3. The topological polar surface area (TPSA) is 133 Å². The van der Waals surface area contributed by atoms with Gasteiger partial charge in [-0.3, -0.25) is 4.79 Å². The van der Waals surface area contributed by atoms with Crippen molar-refractivity contribution in [3.8, 4) is 11.4 Å². The van der Waals surface area contributed by atoms with E-state index < -0.39 is 20.4 Å². The predicted molar refractivity (Wildman–Crippen MR) is 120 cm³/mol. The van der Waals surface area contributed by atoms with E-state index in [1.54, 1.807) is 58.4 Å². The monoisotopic (exact) mass is 514 g/mol. The zero-order valence-corrected chi connectivity index (χ0v) is 18.9. The molecule has 0 spiro atoms. The van der Waals surface area contributed by atoms with Crippen LogP contribution in [-0.4, -0.2) is 50.1 Å². The van der Waals surface area contributed by atoms with E-state index in [1.807, 2.05) is 0 Å². The predicted octanol–water partition coefficient (Wildman–Crippen LogP) is 3.65. The SMILES string of the molecule is O=C(Cl)c1ccc(-n2cncn2)cc1.O=C(O)c1ccc(-n2cncn2)cc1.O=S(Cl)Cl. The lowest BCUT2D eigenvalue weighted by molar-refractivity contribution is 0.0696. The van der Waals surface area contributed by atoms with Crippen LogP contribution in [0.25, 0.3) is 11.4 Å². The van der Waals surface area contributed by atoms with Gasteiger partial charge in [0.2, 0.25) is 9.23 Å². The van der Waals surface area contributed by atoms with E-state index in [0.717, 1.165) is 11.4 Å². The number of hydrogen-bond acceptors (Lipinski definition) is 7. The van der Waals surface area contributed by atoms with Crippen LogP contribution in [0.15, 0.2) is 73.8 Å². The summed E-state index contributed by atoms with van der Waals surface area (Å²) in [7, 11) is 7.36. The summed E-state index contributed by atoms with van der Waals surface area (Å²) in [6.07, 6.45) is 6.00. The molecule has 0 saturated carbocycles. The average Bonchev–Trinajstić information content (AvgIpc) is 3.48. The highest BCUT2D eigenvalue weighted by atomic mass is 36.0. The van der Waals surface area contributed by atoms with Crippen molar-refractivity contribution in [2.24, 2.45) is 0 Å². The summed E-state index contributed by atoms with van der Waals surface area (Å²) in [5.41, 5.74) is 2.35. The largest absolute Gasteiger partial charge is 0.478 e. The first kappa shape index (κ1) is 25.1. The highest BCUT2D eigenvalue weighted by Crippen LogP contribution is 2.10. The van der Waals surface area contributed by atoms with Gasteiger partial charge in [0.05, 0.1) is 16.9 Å². The van der Waals surface area contributed by atoms with Crippen LogP contribution in [-0.2, 0) is 9.23 Å².